The fraction of sp³-hybridized carbons (Fsp3) is 0.273. The summed E-state index contributed by atoms with van der Waals surface area (Å²) in [5.74, 6) is -0.124. The molecule has 8 heteroatoms. The number of aromatic amines is 1. The summed E-state index contributed by atoms with van der Waals surface area (Å²) in [5.41, 5.74) is 2.58. The average molecular weight is 409 g/mol. The van der Waals surface area contributed by atoms with Crippen LogP contribution in [0.25, 0.3) is 22.1 Å². The van der Waals surface area contributed by atoms with Gasteiger partial charge in [-0.25, -0.2) is 13.8 Å². The number of imidazole rings is 1. The third kappa shape index (κ3) is 2.87. The second kappa shape index (κ2) is 6.91. The molecule has 0 radical (unpaired) electrons. The van der Waals surface area contributed by atoms with Crippen LogP contribution >= 0.6 is 0 Å². The Labute approximate surface area is 171 Å². The van der Waals surface area contributed by atoms with Crippen LogP contribution in [0.1, 0.15) is 23.5 Å². The van der Waals surface area contributed by atoms with E-state index in [0.29, 0.717) is 24.2 Å². The number of nitrogens with one attached hydrogen (secondary N) is 1. The van der Waals surface area contributed by atoms with Crippen molar-refractivity contribution in [3.05, 3.63) is 75.7 Å². The maximum atomic E-state index is 15.2. The molecule has 0 spiro atoms. The monoisotopic (exact) mass is 409 g/mol. The van der Waals surface area contributed by atoms with Gasteiger partial charge in [0.1, 0.15) is 16.9 Å². The van der Waals surface area contributed by atoms with Crippen molar-refractivity contribution in [2.75, 3.05) is 13.1 Å². The summed E-state index contributed by atoms with van der Waals surface area (Å²) in [5, 5.41) is 0. The molecule has 0 fully saturated rings. The maximum Gasteiger partial charge on any atom is 0.275 e. The number of nitrogens with zero attached hydrogens (tertiary/aromatic N) is 4. The Kier molecular flexibility index (Phi) is 4.32. The van der Waals surface area contributed by atoms with E-state index >= 15 is 4.39 Å². The number of fused-ring (bicyclic) bond motifs is 3. The lowest BCUT2D eigenvalue weighted by molar-refractivity contribution is 0.289. The van der Waals surface area contributed by atoms with Gasteiger partial charge in [-0.05, 0) is 31.1 Å². The molecule has 1 aliphatic rings. The number of benzene rings is 1. The van der Waals surface area contributed by atoms with E-state index < -0.39 is 17.2 Å². The zero-order valence-corrected chi connectivity index (χ0v) is 16.7. The molecule has 3 aromatic heterocycles. The van der Waals surface area contributed by atoms with E-state index in [4.69, 9.17) is 0 Å². The number of hydrogen-bond acceptors (Lipinski definition) is 3. The van der Waals surface area contributed by atoms with Gasteiger partial charge in [-0.15, -0.1) is 0 Å². The second-order valence-electron chi connectivity index (χ2n) is 7.77. The zero-order chi connectivity index (χ0) is 21.0. The van der Waals surface area contributed by atoms with E-state index in [-0.39, 0.29) is 11.0 Å². The third-order valence-electron chi connectivity index (χ3n) is 5.95. The Bertz CT molecular complexity index is 1380. The Morgan fingerprint density at radius 3 is 2.77 bits per heavy atom. The van der Waals surface area contributed by atoms with Crippen LogP contribution in [-0.2, 0) is 13.6 Å². The summed E-state index contributed by atoms with van der Waals surface area (Å²) < 4.78 is 32.5. The summed E-state index contributed by atoms with van der Waals surface area (Å²) in [7, 11) is 2.00. The van der Waals surface area contributed by atoms with E-state index in [0.717, 1.165) is 24.5 Å². The van der Waals surface area contributed by atoms with Crippen LogP contribution in [0.2, 0.25) is 0 Å². The van der Waals surface area contributed by atoms with Crippen molar-refractivity contribution in [1.82, 2.24) is 23.8 Å². The van der Waals surface area contributed by atoms with E-state index in [1.807, 2.05) is 20.2 Å². The number of rotatable bonds is 3. The van der Waals surface area contributed by atoms with Crippen LogP contribution in [0.3, 0.4) is 0 Å². The molecule has 4 heterocycles. The molecular formula is C22H21F2N5O. The molecule has 0 aliphatic carbocycles. The molecule has 0 saturated carbocycles. The average Bonchev–Trinajstić information content (AvgIpc) is 3.29. The molecule has 30 heavy (non-hydrogen) atoms. The van der Waals surface area contributed by atoms with Crippen molar-refractivity contribution >= 4 is 22.1 Å². The predicted octanol–water partition coefficient (Wildman–Crippen LogP) is 3.39. The largest absolute Gasteiger partial charge is 0.332 e. The molecule has 0 amide bonds. The smallest absolute Gasteiger partial charge is 0.275 e. The Morgan fingerprint density at radius 2 is 2.07 bits per heavy atom. The van der Waals surface area contributed by atoms with Gasteiger partial charge in [-0.1, -0.05) is 12.1 Å². The highest BCUT2D eigenvalue weighted by Crippen LogP contribution is 2.25. The number of halogens is 2. The van der Waals surface area contributed by atoms with Crippen LogP contribution in [0.5, 0.6) is 0 Å². The first-order valence-corrected chi connectivity index (χ1v) is 9.84. The van der Waals surface area contributed by atoms with Crippen LogP contribution in [0, 0.1) is 18.6 Å². The van der Waals surface area contributed by atoms with Gasteiger partial charge in [-0.2, -0.15) is 0 Å². The molecule has 1 aromatic carbocycles. The highest BCUT2D eigenvalue weighted by atomic mass is 19.1. The van der Waals surface area contributed by atoms with Gasteiger partial charge in [0.05, 0.1) is 5.52 Å². The Morgan fingerprint density at radius 1 is 1.23 bits per heavy atom. The van der Waals surface area contributed by atoms with Gasteiger partial charge >= 0.3 is 0 Å². The number of aryl methyl sites for hydroxylation is 1. The minimum atomic E-state index is -0.642. The normalized spacial score (nSPS) is 15.3. The van der Waals surface area contributed by atoms with E-state index in [9.17, 15) is 9.18 Å². The topological polar surface area (TPSA) is 58.3 Å². The Balaban J connectivity index is 1.44. The van der Waals surface area contributed by atoms with Gasteiger partial charge < -0.3 is 14.0 Å². The molecule has 0 atom stereocenters. The van der Waals surface area contributed by atoms with Crippen LogP contribution in [0.15, 0.2) is 41.5 Å². The van der Waals surface area contributed by atoms with Crippen LogP contribution < -0.4 is 5.56 Å². The van der Waals surface area contributed by atoms with Gasteiger partial charge in [0.25, 0.3) is 5.56 Å². The second-order valence-corrected chi connectivity index (χ2v) is 7.77. The molecule has 6 nitrogen and oxygen atoms in total. The van der Waals surface area contributed by atoms with Crippen molar-refractivity contribution in [2.45, 2.75) is 19.9 Å². The van der Waals surface area contributed by atoms with Crippen molar-refractivity contribution in [3.63, 3.8) is 0 Å². The third-order valence-corrected chi connectivity index (χ3v) is 5.95. The van der Waals surface area contributed by atoms with Gasteiger partial charge in [0.2, 0.25) is 0 Å². The van der Waals surface area contributed by atoms with Crippen molar-refractivity contribution in [1.29, 1.82) is 0 Å². The first-order chi connectivity index (χ1) is 14.4. The standard InChI is InChI=1S/C22H21F2N5O/c1-13-11-25-21(27(13)2)14-5-8-28(9-6-14)12-15-3-4-17-19(18(15)24)26-22(30)20-16(23)7-10-29(17)20/h3-5,7,10-11H,6,8-9,12H2,1-2H3,(H,26,30). The van der Waals surface area contributed by atoms with E-state index in [1.165, 1.54) is 22.2 Å². The quantitative estimate of drug-likeness (QED) is 0.564. The van der Waals surface area contributed by atoms with Gasteiger partial charge in [0.15, 0.2) is 11.6 Å². The maximum absolute atomic E-state index is 15.2. The number of aromatic nitrogens is 4. The molecule has 5 rings (SSSR count). The lowest BCUT2D eigenvalue weighted by Crippen LogP contribution is -2.29. The highest BCUT2D eigenvalue weighted by Gasteiger charge is 2.20. The van der Waals surface area contributed by atoms with E-state index in [1.54, 1.807) is 12.1 Å². The molecule has 154 valence electrons. The fourth-order valence-corrected chi connectivity index (χ4v) is 4.14. The summed E-state index contributed by atoms with van der Waals surface area (Å²) >= 11 is 0. The summed E-state index contributed by atoms with van der Waals surface area (Å²) in [6.45, 7) is 3.92. The molecule has 0 bridgehead atoms. The van der Waals surface area contributed by atoms with Crippen molar-refractivity contribution in [3.8, 4) is 0 Å². The van der Waals surface area contributed by atoms with E-state index in [2.05, 4.69) is 25.5 Å². The summed E-state index contributed by atoms with van der Waals surface area (Å²) in [6.07, 6.45) is 6.27. The summed E-state index contributed by atoms with van der Waals surface area (Å²) in [6, 6.07) is 4.63. The predicted molar refractivity (Wildman–Crippen MR) is 111 cm³/mol. The molecule has 1 N–H and O–H groups in total. The SMILES string of the molecule is Cc1cnc(C2=CCN(Cc3ccc4c([nH]c(=O)c5c(F)ccn54)c3F)CC2)n1C. The number of hydrogen-bond donors (Lipinski definition) is 1. The molecule has 4 aromatic rings. The number of H-pyrrole nitrogens is 1. The first-order valence-electron chi connectivity index (χ1n) is 9.84. The molecule has 0 unspecified atom stereocenters. The minimum absolute atomic E-state index is 0.0947. The zero-order valence-electron chi connectivity index (χ0n) is 16.7. The minimum Gasteiger partial charge on any atom is -0.332 e. The molecular weight excluding hydrogens is 388 g/mol. The van der Waals surface area contributed by atoms with Crippen LogP contribution in [0.4, 0.5) is 8.78 Å². The highest BCUT2D eigenvalue weighted by molar-refractivity contribution is 5.79. The molecule has 0 saturated heterocycles. The van der Waals surface area contributed by atoms with Crippen LogP contribution in [-0.4, -0.2) is 36.9 Å². The Hall–Kier alpha value is -3.26. The van der Waals surface area contributed by atoms with Crippen molar-refractivity contribution < 1.29 is 8.78 Å². The lowest BCUT2D eigenvalue weighted by atomic mass is 10.1. The fourth-order valence-electron chi connectivity index (χ4n) is 4.14. The molecule has 1 aliphatic heterocycles. The lowest BCUT2D eigenvalue weighted by Gasteiger charge is -2.26. The van der Waals surface area contributed by atoms with Gasteiger partial charge in [-0.3, -0.25) is 9.69 Å². The van der Waals surface area contributed by atoms with Gasteiger partial charge in [0, 0.05) is 50.3 Å². The summed E-state index contributed by atoms with van der Waals surface area (Å²) in [4.78, 5) is 21.4. The first kappa shape index (κ1) is 18.7. The van der Waals surface area contributed by atoms with Crippen molar-refractivity contribution in [2.24, 2.45) is 7.05 Å².